The van der Waals surface area contributed by atoms with Crippen molar-refractivity contribution in [2.45, 2.75) is 34.2 Å². The molecule has 0 aromatic carbocycles. The van der Waals surface area contributed by atoms with E-state index in [1.807, 2.05) is 0 Å². The van der Waals surface area contributed by atoms with Crippen molar-refractivity contribution >= 4 is 29.9 Å². The highest BCUT2D eigenvalue weighted by atomic mass is 16.6. The predicted octanol–water partition coefficient (Wildman–Crippen LogP) is 0.470. The fourth-order valence-corrected chi connectivity index (χ4v) is 3.37. The van der Waals surface area contributed by atoms with Gasteiger partial charge >= 0.3 is 6.09 Å². The molecule has 2 heterocycles. The Morgan fingerprint density at radius 1 is 1.06 bits per heavy atom. The van der Waals surface area contributed by atoms with E-state index < -0.39 is 29.4 Å². The average molecular weight is 444 g/mol. The minimum absolute atomic E-state index is 0.0396. The molecule has 1 aromatic heterocycles. The highest BCUT2D eigenvalue weighted by Gasteiger charge is 2.36. The second-order valence-electron chi connectivity index (χ2n) is 6.82. The maximum absolute atomic E-state index is 12.7. The van der Waals surface area contributed by atoms with Gasteiger partial charge in [0.15, 0.2) is 0 Å². The zero-order chi connectivity index (χ0) is 24.3. The van der Waals surface area contributed by atoms with Gasteiger partial charge in [0.05, 0.1) is 0 Å². The maximum Gasteiger partial charge on any atom is 0.410 e. The Bertz CT molecular complexity index is 1170. The molecule has 170 valence electrons. The van der Waals surface area contributed by atoms with E-state index in [0.717, 1.165) is 9.47 Å². The van der Waals surface area contributed by atoms with E-state index >= 15 is 0 Å². The molecule has 0 spiro atoms. The average Bonchev–Trinajstić information content (AvgIpc) is 2.70. The van der Waals surface area contributed by atoms with Gasteiger partial charge < -0.3 is 21.3 Å². The number of hydrogen-bond acceptors (Lipinski definition) is 7. The van der Waals surface area contributed by atoms with Gasteiger partial charge in [-0.3, -0.25) is 28.6 Å². The summed E-state index contributed by atoms with van der Waals surface area (Å²) in [6.45, 7) is 6.19. The normalized spacial score (nSPS) is 15.8. The van der Waals surface area contributed by atoms with Crippen LogP contribution in [0.3, 0.4) is 0 Å². The number of nitrogens with zero attached hydrogens (tertiary/aromatic N) is 2. The van der Waals surface area contributed by atoms with Gasteiger partial charge in [-0.1, -0.05) is 6.08 Å². The summed E-state index contributed by atoms with van der Waals surface area (Å²) in [4.78, 5) is 61.3. The predicted molar refractivity (Wildman–Crippen MR) is 114 cm³/mol. The van der Waals surface area contributed by atoms with Crippen molar-refractivity contribution in [1.29, 1.82) is 0 Å². The van der Waals surface area contributed by atoms with Crippen LogP contribution < -0.4 is 21.8 Å². The Hall–Kier alpha value is -4.15. The summed E-state index contributed by atoms with van der Waals surface area (Å²) in [5.41, 5.74) is 9.80. The lowest BCUT2D eigenvalue weighted by Crippen LogP contribution is -2.45. The summed E-state index contributed by atoms with van der Waals surface area (Å²) in [5.74, 6) is -3.05. The van der Waals surface area contributed by atoms with E-state index in [1.54, 1.807) is 13.8 Å². The molecule has 11 nitrogen and oxygen atoms in total. The number of nitrogens with two attached hydrogens (primary N) is 2. The fraction of sp³-hybridized carbons (Fsp3) is 0.286. The van der Waals surface area contributed by atoms with Crippen LogP contribution in [0.1, 0.15) is 31.9 Å². The van der Waals surface area contributed by atoms with Crippen molar-refractivity contribution < 1.29 is 29.0 Å². The molecule has 4 amide bonds. The summed E-state index contributed by atoms with van der Waals surface area (Å²) >= 11 is 0. The zero-order valence-corrected chi connectivity index (χ0v) is 18.1. The molecule has 0 saturated heterocycles. The lowest BCUT2D eigenvalue weighted by Gasteiger charge is -2.27. The van der Waals surface area contributed by atoms with Gasteiger partial charge in [0.2, 0.25) is 11.6 Å². The first-order valence-electron chi connectivity index (χ1n) is 9.66. The molecule has 0 saturated carbocycles. The number of allylic oxidation sites excluding steroid dienone is 2. The van der Waals surface area contributed by atoms with Crippen molar-refractivity contribution in [3.63, 3.8) is 0 Å². The molecular formula is C21H24N4O7. The van der Waals surface area contributed by atoms with E-state index in [0.29, 0.717) is 0 Å². The van der Waals surface area contributed by atoms with Gasteiger partial charge in [0.25, 0.3) is 23.3 Å². The van der Waals surface area contributed by atoms with Crippen LogP contribution in [-0.2, 0) is 20.9 Å². The van der Waals surface area contributed by atoms with Crippen LogP contribution in [0.4, 0.5) is 4.79 Å². The maximum atomic E-state index is 12.7. The highest BCUT2D eigenvalue weighted by Crippen LogP contribution is 2.29. The number of pyridine rings is 1. The number of hydrogen-bond donors (Lipinski definition) is 3. The molecule has 0 fully saturated rings. The SMILES string of the molecule is CCN1C(=O)C(=CC=Cc2c(C)c(OC(N)=O)c(=O)n(CC)c2O)C(C)=C(C(N)=O)C1=O. The number of rotatable bonds is 6. The molecule has 1 aromatic rings. The molecule has 0 bridgehead atoms. The fourth-order valence-electron chi connectivity index (χ4n) is 3.37. The van der Waals surface area contributed by atoms with Gasteiger partial charge in [0.1, 0.15) is 5.57 Å². The van der Waals surface area contributed by atoms with Gasteiger partial charge in [-0.05, 0) is 45.4 Å². The molecular weight excluding hydrogens is 420 g/mol. The number of carbonyl (C=O) groups excluding carboxylic acids is 4. The molecule has 1 aliphatic rings. The van der Waals surface area contributed by atoms with Crippen molar-refractivity contribution in [2.75, 3.05) is 6.54 Å². The Morgan fingerprint density at radius 2 is 1.69 bits per heavy atom. The second kappa shape index (κ2) is 9.33. The Kier molecular flexibility index (Phi) is 7.03. The van der Waals surface area contributed by atoms with Gasteiger partial charge in [-0.25, -0.2) is 4.79 Å². The summed E-state index contributed by atoms with van der Waals surface area (Å²) in [5, 5.41) is 10.5. The summed E-state index contributed by atoms with van der Waals surface area (Å²) in [6, 6.07) is 0. The zero-order valence-electron chi connectivity index (χ0n) is 18.1. The van der Waals surface area contributed by atoms with Crippen LogP contribution in [0.25, 0.3) is 6.08 Å². The largest absolute Gasteiger partial charge is 0.494 e. The summed E-state index contributed by atoms with van der Waals surface area (Å²) in [6.07, 6.45) is 2.94. The molecule has 1 aliphatic heterocycles. The standard InChI is InChI=1S/C21H24N4O7/c1-5-24-17(27)12(10(3)14(16(22)26)19(24)29)8-7-9-13-11(4)15(32-21(23)31)20(30)25(6-2)18(13)28/h7-9,28H,5-6H2,1-4H3,(H2,22,26)(H2,23,31). The number of imide groups is 1. The Balaban J connectivity index is 2.66. The molecule has 11 heteroatoms. The minimum Gasteiger partial charge on any atom is -0.494 e. The van der Waals surface area contributed by atoms with Crippen LogP contribution in [0.5, 0.6) is 11.6 Å². The van der Waals surface area contributed by atoms with Gasteiger partial charge in [-0.2, -0.15) is 0 Å². The molecule has 0 aliphatic carbocycles. The summed E-state index contributed by atoms with van der Waals surface area (Å²) in [7, 11) is 0. The van der Waals surface area contributed by atoms with E-state index in [9.17, 15) is 29.1 Å². The molecule has 0 radical (unpaired) electrons. The van der Waals surface area contributed by atoms with Crippen LogP contribution in [0, 0.1) is 6.92 Å². The lowest BCUT2D eigenvalue weighted by atomic mass is 9.93. The highest BCUT2D eigenvalue weighted by molar-refractivity contribution is 6.27. The summed E-state index contributed by atoms with van der Waals surface area (Å²) < 4.78 is 5.80. The molecule has 5 N–H and O–H groups in total. The topological polar surface area (TPSA) is 175 Å². The third-order valence-electron chi connectivity index (χ3n) is 5.00. The molecule has 0 atom stereocenters. The number of ether oxygens (including phenoxy) is 1. The number of aromatic hydroxyl groups is 1. The molecule has 0 unspecified atom stereocenters. The van der Waals surface area contributed by atoms with Crippen molar-refractivity contribution in [1.82, 2.24) is 9.47 Å². The van der Waals surface area contributed by atoms with Crippen molar-refractivity contribution in [2.24, 2.45) is 11.5 Å². The number of aromatic nitrogens is 1. The van der Waals surface area contributed by atoms with Crippen LogP contribution >= 0.6 is 0 Å². The van der Waals surface area contributed by atoms with Crippen LogP contribution in [-0.4, -0.2) is 44.9 Å². The molecule has 32 heavy (non-hydrogen) atoms. The number of amides is 4. The second-order valence-corrected chi connectivity index (χ2v) is 6.82. The number of carbonyl (C=O) groups is 4. The van der Waals surface area contributed by atoms with Crippen LogP contribution in [0.15, 0.2) is 33.7 Å². The first kappa shape index (κ1) is 24.1. The third kappa shape index (κ3) is 4.17. The van der Waals surface area contributed by atoms with E-state index in [1.165, 1.54) is 32.1 Å². The number of likely N-dealkylation sites (N-methyl/N-ethyl adjacent to an activating group) is 1. The number of primary amides is 2. The van der Waals surface area contributed by atoms with Crippen LogP contribution in [0.2, 0.25) is 0 Å². The first-order valence-corrected chi connectivity index (χ1v) is 9.66. The first-order chi connectivity index (χ1) is 15.0. The Labute approximate surface area is 183 Å². The van der Waals surface area contributed by atoms with E-state index in [-0.39, 0.29) is 52.6 Å². The van der Waals surface area contributed by atoms with Gasteiger partial charge in [0, 0.05) is 29.8 Å². The van der Waals surface area contributed by atoms with Gasteiger partial charge in [-0.15, -0.1) is 0 Å². The quantitative estimate of drug-likeness (QED) is 0.324. The monoisotopic (exact) mass is 444 g/mol. The third-order valence-corrected chi connectivity index (χ3v) is 5.00. The lowest BCUT2D eigenvalue weighted by molar-refractivity contribution is -0.141. The van der Waals surface area contributed by atoms with E-state index in [4.69, 9.17) is 16.2 Å². The molecule has 2 rings (SSSR count). The van der Waals surface area contributed by atoms with E-state index in [2.05, 4.69) is 0 Å². The van der Waals surface area contributed by atoms with Crippen molar-refractivity contribution in [3.05, 3.63) is 50.4 Å². The van der Waals surface area contributed by atoms with Crippen molar-refractivity contribution in [3.8, 4) is 11.6 Å². The smallest absolute Gasteiger partial charge is 0.410 e. The Morgan fingerprint density at radius 3 is 2.19 bits per heavy atom. The minimum atomic E-state index is -1.19.